The molecule has 5 rings (SSSR count). The quantitative estimate of drug-likeness (QED) is 0.0431. The minimum absolute atomic E-state index is 1.14. The minimum Gasteiger partial charge on any atom is -0.205 e. The number of aryl methyl sites for hydroxylation is 6. The van der Waals surface area contributed by atoms with Gasteiger partial charge in [-0.15, -0.1) is 0 Å². The molecule has 0 aliphatic carbocycles. The topological polar surface area (TPSA) is 3.88 Å². The van der Waals surface area contributed by atoms with Gasteiger partial charge in [-0.2, -0.15) is 21.9 Å². The van der Waals surface area contributed by atoms with Crippen molar-refractivity contribution in [2.24, 2.45) is 0 Å². The zero-order valence-corrected chi connectivity index (χ0v) is 34.4. The summed E-state index contributed by atoms with van der Waals surface area (Å²) in [5.41, 5.74) is 12.0. The van der Waals surface area contributed by atoms with Crippen LogP contribution in [0.1, 0.15) is 132 Å². The van der Waals surface area contributed by atoms with E-state index in [0.29, 0.717) is 0 Å². The summed E-state index contributed by atoms with van der Waals surface area (Å²) < 4.78 is 2.33. The number of aromatic nitrogens is 1. The summed E-state index contributed by atoms with van der Waals surface area (Å²) in [6, 6.07) is 40.9. The molecule has 0 saturated carbocycles. The summed E-state index contributed by atoms with van der Waals surface area (Å²) >= 11 is 0. The lowest BCUT2D eigenvalue weighted by atomic mass is 9.13. The lowest BCUT2D eigenvalue weighted by Gasteiger charge is -2.44. The predicted molar refractivity (Wildman–Crippen MR) is 235 cm³/mol. The van der Waals surface area contributed by atoms with E-state index in [1.807, 2.05) is 0 Å². The van der Waals surface area contributed by atoms with Crippen LogP contribution in [0.3, 0.4) is 0 Å². The number of unbranched alkanes of at least 4 members (excludes halogenated alkanes) is 13. The van der Waals surface area contributed by atoms with E-state index in [1.165, 1.54) is 146 Å². The monoisotopic (exact) mass is 708 g/mol. The molecule has 1 aromatic heterocycles. The van der Waals surface area contributed by atoms with Gasteiger partial charge in [-0.25, -0.2) is 4.57 Å². The van der Waals surface area contributed by atoms with Crippen molar-refractivity contribution in [2.45, 2.75) is 144 Å². The van der Waals surface area contributed by atoms with Crippen LogP contribution < -0.4 is 26.4 Å². The standard InChI is InChI=1S/C28H28B.C23H42N/c1-21-5-13-25(14-6-21)29(26-15-7-22(2)8-16-26,27-17-9-23(3)10-18-27)28-19-11-24(4)12-20-28;1-3-5-6-7-8-9-10-11-12-13-14-15-16-17-20-24-21-18-23(4-2)19-22-24/h5-20H,1-4H3;18-19,21-22H,3-17,20H2,1-2H3/q-1;+1. The number of benzene rings is 4. The molecule has 1 heterocycles. The molecule has 0 aliphatic heterocycles. The van der Waals surface area contributed by atoms with Crippen LogP contribution in [-0.2, 0) is 13.0 Å². The first-order valence-corrected chi connectivity index (χ1v) is 21.3. The maximum absolute atomic E-state index is 2.33. The third-order valence-electron chi connectivity index (χ3n) is 11.4. The highest BCUT2D eigenvalue weighted by Gasteiger charge is 2.31. The van der Waals surface area contributed by atoms with Gasteiger partial charge in [-0.3, -0.25) is 0 Å². The van der Waals surface area contributed by atoms with Gasteiger partial charge in [0.1, 0.15) is 12.7 Å². The SMILES string of the molecule is CCCCCCCCCCCCCCCC[n+]1ccc(CC)cc1.Cc1ccc([B-](c2ccc(C)cc2)(c2ccc(C)cc2)c2ccc(C)cc2)cc1. The first kappa shape index (κ1) is 41.8. The van der Waals surface area contributed by atoms with E-state index in [0.717, 1.165) is 6.42 Å². The maximum atomic E-state index is 2.33. The number of pyridine rings is 1. The highest BCUT2D eigenvalue weighted by Crippen LogP contribution is 2.14. The third kappa shape index (κ3) is 13.2. The Morgan fingerprint density at radius 2 is 0.642 bits per heavy atom. The van der Waals surface area contributed by atoms with E-state index in [2.05, 4.69) is 168 Å². The fraction of sp³-hybridized carbons (Fsp3) is 0.431. The molecule has 1 nitrogen and oxygen atoms in total. The van der Waals surface area contributed by atoms with Crippen molar-refractivity contribution >= 4 is 28.0 Å². The van der Waals surface area contributed by atoms with Gasteiger partial charge in [0.05, 0.1) is 0 Å². The fourth-order valence-electron chi connectivity index (χ4n) is 7.94. The van der Waals surface area contributed by atoms with Crippen molar-refractivity contribution in [1.29, 1.82) is 0 Å². The van der Waals surface area contributed by atoms with Crippen LogP contribution in [0.15, 0.2) is 122 Å². The zero-order chi connectivity index (χ0) is 37.7. The summed E-state index contributed by atoms with van der Waals surface area (Å²) in [5, 5.41) is 0. The van der Waals surface area contributed by atoms with E-state index >= 15 is 0 Å². The fourth-order valence-corrected chi connectivity index (χ4v) is 7.94. The van der Waals surface area contributed by atoms with Gasteiger partial charge < -0.3 is 0 Å². The second kappa shape index (κ2) is 23.0. The van der Waals surface area contributed by atoms with Crippen LogP contribution in [0.25, 0.3) is 0 Å². The molecule has 0 aliphatic rings. The Balaban J connectivity index is 0.000000242. The molecule has 5 aromatic rings. The number of nitrogens with zero attached hydrogens (tertiary/aromatic N) is 1. The van der Waals surface area contributed by atoms with Gasteiger partial charge in [0.25, 0.3) is 0 Å². The summed E-state index contributed by atoms with van der Waals surface area (Å²) in [6.07, 6.45) is 24.4. The highest BCUT2D eigenvalue weighted by molar-refractivity contribution is 7.19. The molecule has 0 bridgehead atoms. The number of hydrogen-bond donors (Lipinski definition) is 0. The first-order valence-electron chi connectivity index (χ1n) is 21.3. The van der Waals surface area contributed by atoms with Crippen LogP contribution in [0.4, 0.5) is 0 Å². The molecule has 282 valence electrons. The van der Waals surface area contributed by atoms with Crippen LogP contribution in [0.2, 0.25) is 0 Å². The smallest absolute Gasteiger partial charge is 0.169 e. The lowest BCUT2D eigenvalue weighted by molar-refractivity contribution is -0.697. The van der Waals surface area contributed by atoms with Crippen molar-refractivity contribution in [3.63, 3.8) is 0 Å². The van der Waals surface area contributed by atoms with Gasteiger partial charge in [0, 0.05) is 18.6 Å². The average Bonchev–Trinajstić information content (AvgIpc) is 3.18. The normalized spacial score (nSPS) is 11.3. The molecular weight excluding hydrogens is 637 g/mol. The summed E-state index contributed by atoms with van der Waals surface area (Å²) in [4.78, 5) is 0. The molecule has 4 aromatic carbocycles. The van der Waals surface area contributed by atoms with Crippen molar-refractivity contribution in [2.75, 3.05) is 0 Å². The second-order valence-corrected chi connectivity index (χ2v) is 15.9. The van der Waals surface area contributed by atoms with E-state index in [9.17, 15) is 0 Å². The van der Waals surface area contributed by atoms with E-state index in [1.54, 1.807) is 0 Å². The first-order chi connectivity index (χ1) is 25.9. The molecular formula is C51H70BN. The highest BCUT2D eigenvalue weighted by atomic mass is 14.9. The summed E-state index contributed by atoms with van der Waals surface area (Å²) in [7, 11) is 0. The van der Waals surface area contributed by atoms with Gasteiger partial charge >= 0.3 is 0 Å². The Morgan fingerprint density at radius 3 is 0.925 bits per heavy atom. The molecule has 53 heavy (non-hydrogen) atoms. The Hall–Kier alpha value is -3.91. The van der Waals surface area contributed by atoms with Crippen molar-refractivity contribution in [3.8, 4) is 0 Å². The molecule has 0 atom stereocenters. The molecule has 0 radical (unpaired) electrons. The lowest BCUT2D eigenvalue weighted by Crippen LogP contribution is -2.74. The molecule has 2 heteroatoms. The van der Waals surface area contributed by atoms with Crippen LogP contribution in [0.5, 0.6) is 0 Å². The van der Waals surface area contributed by atoms with Crippen LogP contribution >= 0.6 is 0 Å². The second-order valence-electron chi connectivity index (χ2n) is 15.9. The van der Waals surface area contributed by atoms with Crippen LogP contribution in [-0.4, -0.2) is 6.15 Å². The van der Waals surface area contributed by atoms with Gasteiger partial charge in [-0.1, -0.05) is 210 Å². The Kier molecular flexibility index (Phi) is 18.2. The largest absolute Gasteiger partial charge is 0.205 e. The van der Waals surface area contributed by atoms with Crippen molar-refractivity contribution in [3.05, 3.63) is 149 Å². The third-order valence-corrected chi connectivity index (χ3v) is 11.4. The maximum Gasteiger partial charge on any atom is 0.169 e. The van der Waals surface area contributed by atoms with E-state index in [-0.39, 0.29) is 0 Å². The van der Waals surface area contributed by atoms with Gasteiger partial charge in [0.15, 0.2) is 12.4 Å². The minimum atomic E-state index is -1.27. The van der Waals surface area contributed by atoms with E-state index < -0.39 is 6.15 Å². The molecule has 0 unspecified atom stereocenters. The predicted octanol–water partition coefficient (Wildman–Crippen LogP) is 11.3. The Morgan fingerprint density at radius 1 is 0.358 bits per heavy atom. The molecule has 0 N–H and O–H groups in total. The van der Waals surface area contributed by atoms with Crippen molar-refractivity contribution < 1.29 is 4.57 Å². The van der Waals surface area contributed by atoms with Crippen molar-refractivity contribution in [1.82, 2.24) is 0 Å². The zero-order valence-electron chi connectivity index (χ0n) is 34.4. The Labute approximate surface area is 325 Å². The summed E-state index contributed by atoms with van der Waals surface area (Å²) in [5.74, 6) is 0. The number of rotatable bonds is 20. The van der Waals surface area contributed by atoms with Gasteiger partial charge in [-0.05, 0) is 46.1 Å². The van der Waals surface area contributed by atoms with Crippen LogP contribution in [0, 0.1) is 27.7 Å². The molecule has 0 amide bonds. The van der Waals surface area contributed by atoms with E-state index in [4.69, 9.17) is 0 Å². The molecule has 0 saturated heterocycles. The average molecular weight is 708 g/mol. The number of hydrogen-bond acceptors (Lipinski definition) is 0. The van der Waals surface area contributed by atoms with Gasteiger partial charge in [0.2, 0.25) is 0 Å². The molecule has 0 spiro atoms. The summed E-state index contributed by atoms with van der Waals surface area (Å²) in [6.45, 7) is 14.3. The Bertz CT molecular complexity index is 1500. The molecule has 0 fully saturated rings.